The van der Waals surface area contributed by atoms with Gasteiger partial charge in [-0.2, -0.15) is 0 Å². The Morgan fingerprint density at radius 1 is 1.30 bits per heavy atom. The molecule has 1 fully saturated rings. The fourth-order valence-electron chi connectivity index (χ4n) is 2.87. The molecule has 20 heavy (non-hydrogen) atoms. The SMILES string of the molecule is Cc1ccc(NC(=O)C2CCC(CN)CC2)c(C)c1O. The first kappa shape index (κ1) is 14.9. The number of anilines is 1. The Kier molecular flexibility index (Phi) is 4.65. The molecule has 4 N–H and O–H groups in total. The molecule has 0 radical (unpaired) electrons. The monoisotopic (exact) mass is 276 g/mol. The van der Waals surface area contributed by atoms with E-state index in [0.29, 0.717) is 11.6 Å². The molecule has 1 aliphatic rings. The second kappa shape index (κ2) is 6.27. The number of nitrogens with two attached hydrogens (primary N) is 1. The van der Waals surface area contributed by atoms with Crippen LogP contribution in [-0.2, 0) is 4.79 Å². The van der Waals surface area contributed by atoms with Crippen molar-refractivity contribution in [3.63, 3.8) is 0 Å². The van der Waals surface area contributed by atoms with Crippen LogP contribution in [0.5, 0.6) is 5.75 Å². The van der Waals surface area contributed by atoms with Crippen LogP contribution in [0, 0.1) is 25.7 Å². The summed E-state index contributed by atoms with van der Waals surface area (Å²) in [6.45, 7) is 4.39. The van der Waals surface area contributed by atoms with E-state index in [1.807, 2.05) is 26.0 Å². The molecule has 1 aromatic carbocycles. The summed E-state index contributed by atoms with van der Waals surface area (Å²) in [6, 6.07) is 3.68. The third-order valence-corrected chi connectivity index (χ3v) is 4.44. The lowest BCUT2D eigenvalue weighted by molar-refractivity contribution is -0.121. The van der Waals surface area contributed by atoms with E-state index in [9.17, 15) is 9.90 Å². The van der Waals surface area contributed by atoms with Gasteiger partial charge in [0, 0.05) is 17.2 Å². The Labute approximate surface area is 120 Å². The number of amides is 1. The van der Waals surface area contributed by atoms with Crippen LogP contribution in [0.3, 0.4) is 0 Å². The van der Waals surface area contributed by atoms with Gasteiger partial charge in [-0.3, -0.25) is 4.79 Å². The Morgan fingerprint density at radius 2 is 1.95 bits per heavy atom. The van der Waals surface area contributed by atoms with Gasteiger partial charge in [-0.25, -0.2) is 0 Å². The predicted molar refractivity (Wildman–Crippen MR) is 80.7 cm³/mol. The molecule has 2 rings (SSSR count). The molecule has 0 unspecified atom stereocenters. The van der Waals surface area contributed by atoms with Crippen molar-refractivity contribution in [2.75, 3.05) is 11.9 Å². The van der Waals surface area contributed by atoms with Gasteiger partial charge in [-0.15, -0.1) is 0 Å². The third kappa shape index (κ3) is 3.12. The first-order valence-electron chi connectivity index (χ1n) is 7.33. The van der Waals surface area contributed by atoms with E-state index in [1.54, 1.807) is 0 Å². The normalized spacial score (nSPS) is 22.6. The number of hydrogen-bond donors (Lipinski definition) is 3. The van der Waals surface area contributed by atoms with Crippen LogP contribution in [0.2, 0.25) is 0 Å². The summed E-state index contributed by atoms with van der Waals surface area (Å²) in [4.78, 5) is 12.3. The Bertz CT molecular complexity index is 491. The molecular formula is C16H24N2O2. The lowest BCUT2D eigenvalue weighted by Gasteiger charge is -2.27. The van der Waals surface area contributed by atoms with Gasteiger partial charge in [0.25, 0.3) is 0 Å². The number of phenolic OH excluding ortho intramolecular Hbond substituents is 1. The van der Waals surface area contributed by atoms with Crippen molar-refractivity contribution >= 4 is 11.6 Å². The van der Waals surface area contributed by atoms with Gasteiger partial charge in [0.05, 0.1) is 0 Å². The number of aryl methyl sites for hydroxylation is 1. The van der Waals surface area contributed by atoms with E-state index >= 15 is 0 Å². The maximum absolute atomic E-state index is 12.3. The summed E-state index contributed by atoms with van der Waals surface area (Å²) in [5.74, 6) is 0.964. The van der Waals surface area contributed by atoms with Gasteiger partial charge in [0.1, 0.15) is 5.75 Å². The fraction of sp³-hybridized carbons (Fsp3) is 0.562. The Balaban J connectivity index is 2.00. The van der Waals surface area contributed by atoms with Crippen molar-refractivity contribution in [3.8, 4) is 5.75 Å². The van der Waals surface area contributed by atoms with Gasteiger partial charge >= 0.3 is 0 Å². The number of aromatic hydroxyl groups is 1. The van der Waals surface area contributed by atoms with Gasteiger partial charge in [0.15, 0.2) is 0 Å². The zero-order chi connectivity index (χ0) is 14.7. The predicted octanol–water partition coefficient (Wildman–Crippen LogP) is 2.71. The minimum absolute atomic E-state index is 0.0619. The smallest absolute Gasteiger partial charge is 0.227 e. The topological polar surface area (TPSA) is 75.4 Å². The Hall–Kier alpha value is -1.55. The number of nitrogens with one attached hydrogen (secondary N) is 1. The van der Waals surface area contributed by atoms with Crippen LogP contribution in [0.1, 0.15) is 36.8 Å². The molecule has 1 aliphatic carbocycles. The van der Waals surface area contributed by atoms with Gasteiger partial charge in [0.2, 0.25) is 5.91 Å². The number of carbonyl (C=O) groups excluding carboxylic acids is 1. The highest BCUT2D eigenvalue weighted by Crippen LogP contribution is 2.31. The largest absolute Gasteiger partial charge is 0.507 e. The minimum Gasteiger partial charge on any atom is -0.507 e. The molecular weight excluding hydrogens is 252 g/mol. The van der Waals surface area contributed by atoms with Crippen LogP contribution in [0.4, 0.5) is 5.69 Å². The molecule has 4 heteroatoms. The number of hydrogen-bond acceptors (Lipinski definition) is 3. The molecule has 1 amide bonds. The summed E-state index contributed by atoms with van der Waals surface area (Å²) < 4.78 is 0. The molecule has 0 aromatic heterocycles. The number of phenols is 1. The highest BCUT2D eigenvalue weighted by molar-refractivity contribution is 5.93. The van der Waals surface area contributed by atoms with Crippen molar-refractivity contribution in [2.45, 2.75) is 39.5 Å². The van der Waals surface area contributed by atoms with E-state index in [1.165, 1.54) is 0 Å². The maximum Gasteiger partial charge on any atom is 0.227 e. The fourth-order valence-corrected chi connectivity index (χ4v) is 2.87. The van der Waals surface area contributed by atoms with E-state index in [-0.39, 0.29) is 17.6 Å². The van der Waals surface area contributed by atoms with E-state index in [4.69, 9.17) is 5.73 Å². The third-order valence-electron chi connectivity index (χ3n) is 4.44. The standard InChI is InChI=1S/C16H24N2O2/c1-10-3-8-14(11(2)15(10)19)18-16(20)13-6-4-12(9-17)5-7-13/h3,8,12-13,19H,4-7,9,17H2,1-2H3,(H,18,20). The molecule has 4 nitrogen and oxygen atoms in total. The molecule has 1 saturated carbocycles. The Morgan fingerprint density at radius 3 is 2.55 bits per heavy atom. The minimum atomic E-state index is 0.0619. The molecule has 0 aliphatic heterocycles. The van der Waals surface area contributed by atoms with Crippen LogP contribution >= 0.6 is 0 Å². The summed E-state index contributed by atoms with van der Waals surface area (Å²) in [5.41, 5.74) is 7.93. The van der Waals surface area contributed by atoms with Crippen LogP contribution in [-0.4, -0.2) is 17.6 Å². The van der Waals surface area contributed by atoms with E-state index in [2.05, 4.69) is 5.32 Å². The van der Waals surface area contributed by atoms with Crippen molar-refractivity contribution in [1.82, 2.24) is 0 Å². The summed E-state index contributed by atoms with van der Waals surface area (Å²) in [6.07, 6.45) is 3.88. The van der Waals surface area contributed by atoms with Crippen LogP contribution in [0.25, 0.3) is 0 Å². The van der Waals surface area contributed by atoms with Crippen molar-refractivity contribution < 1.29 is 9.90 Å². The van der Waals surface area contributed by atoms with Crippen molar-refractivity contribution in [1.29, 1.82) is 0 Å². The zero-order valence-corrected chi connectivity index (χ0v) is 12.3. The van der Waals surface area contributed by atoms with E-state index < -0.39 is 0 Å². The summed E-state index contributed by atoms with van der Waals surface area (Å²) in [5, 5.41) is 12.9. The van der Waals surface area contributed by atoms with E-state index in [0.717, 1.165) is 43.4 Å². The van der Waals surface area contributed by atoms with Gasteiger partial charge in [-0.1, -0.05) is 6.07 Å². The number of carbonyl (C=O) groups is 1. The van der Waals surface area contributed by atoms with Crippen LogP contribution in [0.15, 0.2) is 12.1 Å². The van der Waals surface area contributed by atoms with Crippen LogP contribution < -0.4 is 11.1 Å². The maximum atomic E-state index is 12.3. The van der Waals surface area contributed by atoms with Gasteiger partial charge < -0.3 is 16.2 Å². The summed E-state index contributed by atoms with van der Waals surface area (Å²) >= 11 is 0. The van der Waals surface area contributed by atoms with Crippen molar-refractivity contribution in [3.05, 3.63) is 23.3 Å². The lowest BCUT2D eigenvalue weighted by Crippen LogP contribution is -2.29. The molecule has 0 saturated heterocycles. The molecule has 0 heterocycles. The first-order chi connectivity index (χ1) is 9.52. The summed E-state index contributed by atoms with van der Waals surface area (Å²) in [7, 11) is 0. The quantitative estimate of drug-likeness (QED) is 0.794. The molecule has 110 valence electrons. The van der Waals surface area contributed by atoms with Crippen molar-refractivity contribution in [2.24, 2.45) is 17.6 Å². The second-order valence-corrected chi connectivity index (χ2v) is 5.85. The molecule has 0 atom stereocenters. The first-order valence-corrected chi connectivity index (χ1v) is 7.33. The number of benzene rings is 1. The molecule has 0 bridgehead atoms. The molecule has 0 spiro atoms. The highest BCUT2D eigenvalue weighted by Gasteiger charge is 2.26. The lowest BCUT2D eigenvalue weighted by atomic mass is 9.81. The second-order valence-electron chi connectivity index (χ2n) is 5.85. The average Bonchev–Trinajstić information content (AvgIpc) is 2.48. The highest BCUT2D eigenvalue weighted by atomic mass is 16.3. The van der Waals surface area contributed by atoms with Gasteiger partial charge in [-0.05, 0) is 63.6 Å². The molecule has 1 aromatic rings. The number of rotatable bonds is 3. The average molecular weight is 276 g/mol. The zero-order valence-electron chi connectivity index (χ0n) is 12.3.